The van der Waals surface area contributed by atoms with Gasteiger partial charge in [0.05, 0.1) is 10.8 Å². The van der Waals surface area contributed by atoms with Gasteiger partial charge in [0.25, 0.3) is 0 Å². The molecular weight excluding hydrogens is 298 g/mol. The molecule has 0 amide bonds. The van der Waals surface area contributed by atoms with Gasteiger partial charge in [0.1, 0.15) is 19.3 Å². The molecule has 2 unspecified atom stereocenters. The Morgan fingerprint density at radius 2 is 1.59 bits per heavy atom. The number of hydrogen-bond acceptors (Lipinski definition) is 5. The summed E-state index contributed by atoms with van der Waals surface area (Å²) in [6.45, 7) is 8.40. The molecule has 128 valence electrons. The lowest BCUT2D eigenvalue weighted by molar-refractivity contribution is -0.179. The number of halogens is 2. The summed E-state index contributed by atoms with van der Waals surface area (Å²) < 4.78 is 42.5. The van der Waals surface area contributed by atoms with E-state index in [1.165, 1.54) is 0 Å². The van der Waals surface area contributed by atoms with Crippen molar-refractivity contribution >= 4 is 11.9 Å². The van der Waals surface area contributed by atoms with Gasteiger partial charge in [-0.05, 0) is 41.5 Å². The van der Waals surface area contributed by atoms with E-state index in [0.29, 0.717) is 0 Å². The molecule has 2 atom stereocenters. The monoisotopic (exact) mass is 322 g/mol. The lowest BCUT2D eigenvalue weighted by atomic mass is 9.97. The molecule has 22 heavy (non-hydrogen) atoms. The van der Waals surface area contributed by atoms with E-state index in [4.69, 9.17) is 14.2 Å². The highest BCUT2D eigenvalue weighted by Gasteiger charge is 2.55. The maximum atomic E-state index is 13.8. The molecular formula is C15H24F2O5. The SMILES string of the molecule is CC(C)(C)C(=O)OCC1OCC(F)(F)C1OC(=O)C(C)(C)C. The molecule has 0 aromatic carbocycles. The molecule has 0 spiro atoms. The molecule has 1 rings (SSSR count). The first-order valence-electron chi connectivity index (χ1n) is 7.13. The highest BCUT2D eigenvalue weighted by molar-refractivity contribution is 5.76. The number of hydrogen-bond donors (Lipinski definition) is 0. The molecule has 0 aliphatic carbocycles. The van der Waals surface area contributed by atoms with Gasteiger partial charge in [0.2, 0.25) is 0 Å². The Hall–Kier alpha value is -1.24. The summed E-state index contributed by atoms with van der Waals surface area (Å²) in [5.41, 5.74) is -1.66. The van der Waals surface area contributed by atoms with Crippen molar-refractivity contribution in [2.24, 2.45) is 10.8 Å². The molecule has 0 aromatic rings. The standard InChI is InChI=1S/C15H24F2O5/c1-13(2,3)11(18)20-7-9-10(15(16,17)8-21-9)22-12(19)14(4,5)6/h9-10H,7-8H2,1-6H3. The van der Waals surface area contributed by atoms with Crippen LogP contribution in [0.1, 0.15) is 41.5 Å². The predicted octanol–water partition coefficient (Wildman–Crippen LogP) is 2.57. The van der Waals surface area contributed by atoms with Crippen molar-refractivity contribution in [3.63, 3.8) is 0 Å². The van der Waals surface area contributed by atoms with Gasteiger partial charge in [0.15, 0.2) is 6.10 Å². The normalized spacial score (nSPS) is 24.9. The Morgan fingerprint density at radius 3 is 2.05 bits per heavy atom. The maximum absolute atomic E-state index is 13.8. The molecule has 1 fully saturated rings. The van der Waals surface area contributed by atoms with E-state index in [1.54, 1.807) is 41.5 Å². The van der Waals surface area contributed by atoms with E-state index in [2.05, 4.69) is 0 Å². The van der Waals surface area contributed by atoms with Crippen LogP contribution in [-0.2, 0) is 23.8 Å². The third kappa shape index (κ3) is 4.63. The first kappa shape index (κ1) is 18.8. The summed E-state index contributed by atoms with van der Waals surface area (Å²) in [6.07, 6.45) is -2.93. The zero-order valence-corrected chi connectivity index (χ0v) is 13.9. The summed E-state index contributed by atoms with van der Waals surface area (Å²) in [5, 5.41) is 0. The van der Waals surface area contributed by atoms with E-state index in [9.17, 15) is 18.4 Å². The second kappa shape index (κ2) is 6.10. The number of carbonyl (C=O) groups excluding carboxylic acids is 2. The Labute approximate surface area is 129 Å². The van der Waals surface area contributed by atoms with Gasteiger partial charge < -0.3 is 14.2 Å². The molecule has 0 N–H and O–H groups in total. The van der Waals surface area contributed by atoms with Crippen molar-refractivity contribution in [3.8, 4) is 0 Å². The lowest BCUT2D eigenvalue weighted by Crippen LogP contribution is -2.44. The summed E-state index contributed by atoms with van der Waals surface area (Å²) >= 11 is 0. The van der Waals surface area contributed by atoms with Crippen LogP contribution in [0.4, 0.5) is 8.78 Å². The van der Waals surface area contributed by atoms with Crippen LogP contribution in [0.3, 0.4) is 0 Å². The predicted molar refractivity (Wildman–Crippen MR) is 74.4 cm³/mol. The molecule has 1 saturated heterocycles. The summed E-state index contributed by atoms with van der Waals surface area (Å²) in [5.74, 6) is -4.60. The smallest absolute Gasteiger partial charge is 0.311 e. The molecule has 1 aliphatic rings. The zero-order chi connectivity index (χ0) is 17.3. The van der Waals surface area contributed by atoms with Crippen molar-refractivity contribution in [2.45, 2.75) is 59.7 Å². The molecule has 0 bridgehead atoms. The Balaban J connectivity index is 2.74. The number of esters is 2. The van der Waals surface area contributed by atoms with Crippen molar-refractivity contribution in [1.29, 1.82) is 0 Å². The maximum Gasteiger partial charge on any atom is 0.311 e. The molecule has 1 heterocycles. The Kier molecular flexibility index (Phi) is 5.22. The van der Waals surface area contributed by atoms with Crippen molar-refractivity contribution in [3.05, 3.63) is 0 Å². The summed E-state index contributed by atoms with van der Waals surface area (Å²) in [4.78, 5) is 23.5. The van der Waals surface area contributed by atoms with Gasteiger partial charge in [-0.1, -0.05) is 0 Å². The summed E-state index contributed by atoms with van der Waals surface area (Å²) in [7, 11) is 0. The van der Waals surface area contributed by atoms with Crippen LogP contribution >= 0.6 is 0 Å². The van der Waals surface area contributed by atoms with Crippen LogP contribution in [-0.4, -0.2) is 43.3 Å². The highest BCUT2D eigenvalue weighted by Crippen LogP contribution is 2.34. The second-order valence-electron chi connectivity index (χ2n) is 7.53. The van der Waals surface area contributed by atoms with Gasteiger partial charge in [-0.2, -0.15) is 8.78 Å². The van der Waals surface area contributed by atoms with Crippen molar-refractivity contribution in [1.82, 2.24) is 0 Å². The number of alkyl halides is 2. The van der Waals surface area contributed by atoms with Crippen LogP contribution in [0, 0.1) is 10.8 Å². The number of ether oxygens (including phenoxy) is 3. The van der Waals surface area contributed by atoms with Gasteiger partial charge in [0, 0.05) is 0 Å². The van der Waals surface area contributed by atoms with Crippen LogP contribution in [0.5, 0.6) is 0 Å². The minimum atomic E-state index is -3.31. The van der Waals surface area contributed by atoms with E-state index in [1.807, 2.05) is 0 Å². The fourth-order valence-electron chi connectivity index (χ4n) is 1.62. The fraction of sp³-hybridized carbons (Fsp3) is 0.867. The third-order valence-electron chi connectivity index (χ3n) is 3.08. The Morgan fingerprint density at radius 1 is 1.09 bits per heavy atom. The van der Waals surface area contributed by atoms with Crippen molar-refractivity contribution in [2.75, 3.05) is 13.2 Å². The molecule has 1 aliphatic heterocycles. The first-order valence-corrected chi connectivity index (χ1v) is 7.13. The average molecular weight is 322 g/mol. The van der Waals surface area contributed by atoms with Gasteiger partial charge >= 0.3 is 17.9 Å². The highest BCUT2D eigenvalue weighted by atomic mass is 19.3. The Bertz CT molecular complexity index is 434. The van der Waals surface area contributed by atoms with Crippen LogP contribution < -0.4 is 0 Å². The third-order valence-corrected chi connectivity index (χ3v) is 3.08. The lowest BCUT2D eigenvalue weighted by Gasteiger charge is -2.26. The van der Waals surface area contributed by atoms with Crippen LogP contribution in [0.25, 0.3) is 0 Å². The molecule has 7 heteroatoms. The average Bonchev–Trinajstić information content (AvgIpc) is 2.60. The van der Waals surface area contributed by atoms with E-state index >= 15 is 0 Å². The van der Waals surface area contributed by atoms with E-state index < -0.39 is 47.5 Å². The summed E-state index contributed by atoms with van der Waals surface area (Å²) in [6, 6.07) is 0. The van der Waals surface area contributed by atoms with E-state index in [-0.39, 0.29) is 6.61 Å². The van der Waals surface area contributed by atoms with Gasteiger partial charge in [-0.3, -0.25) is 9.59 Å². The molecule has 5 nitrogen and oxygen atoms in total. The topological polar surface area (TPSA) is 61.8 Å². The number of carbonyl (C=O) groups is 2. The van der Waals surface area contributed by atoms with Crippen LogP contribution in [0.2, 0.25) is 0 Å². The quantitative estimate of drug-likeness (QED) is 0.747. The van der Waals surface area contributed by atoms with Gasteiger partial charge in [-0.15, -0.1) is 0 Å². The first-order chi connectivity index (χ1) is 9.75. The minimum Gasteiger partial charge on any atom is -0.462 e. The van der Waals surface area contributed by atoms with Crippen LogP contribution in [0.15, 0.2) is 0 Å². The largest absolute Gasteiger partial charge is 0.462 e. The van der Waals surface area contributed by atoms with Gasteiger partial charge in [-0.25, -0.2) is 0 Å². The minimum absolute atomic E-state index is 0.381. The molecule has 0 saturated carbocycles. The molecule has 0 radical (unpaired) electrons. The van der Waals surface area contributed by atoms with E-state index in [0.717, 1.165) is 0 Å². The zero-order valence-electron chi connectivity index (χ0n) is 13.9. The molecule has 0 aromatic heterocycles. The fourth-order valence-corrected chi connectivity index (χ4v) is 1.62. The number of rotatable bonds is 3. The second-order valence-corrected chi connectivity index (χ2v) is 7.53. The van der Waals surface area contributed by atoms with Crippen molar-refractivity contribution < 1.29 is 32.6 Å².